The Morgan fingerprint density at radius 2 is 1.89 bits per heavy atom. The molecule has 0 bridgehead atoms. The lowest BCUT2D eigenvalue weighted by Crippen LogP contribution is -2.31. The van der Waals surface area contributed by atoms with Crippen molar-refractivity contribution in [2.24, 2.45) is 5.92 Å². The number of sulfonamides is 1. The second-order valence-electron chi connectivity index (χ2n) is 4.01. The summed E-state index contributed by atoms with van der Waals surface area (Å²) in [6.45, 7) is 1.71. The van der Waals surface area contributed by atoms with Crippen LogP contribution in [0.25, 0.3) is 0 Å². The van der Waals surface area contributed by atoms with Crippen LogP contribution >= 0.6 is 39.1 Å². The number of rotatable bonds is 4. The van der Waals surface area contributed by atoms with Gasteiger partial charge in [-0.2, -0.15) is 9.57 Å². The van der Waals surface area contributed by atoms with Crippen molar-refractivity contribution in [2.45, 2.75) is 11.8 Å². The molecular weight excluding hydrogens is 375 g/mol. The van der Waals surface area contributed by atoms with Gasteiger partial charge in [0.15, 0.2) is 0 Å². The van der Waals surface area contributed by atoms with Gasteiger partial charge < -0.3 is 0 Å². The highest BCUT2D eigenvalue weighted by atomic mass is 79.9. The van der Waals surface area contributed by atoms with Gasteiger partial charge in [-0.05, 0) is 19.1 Å². The Morgan fingerprint density at radius 1 is 1.42 bits per heavy atom. The smallest absolute Gasteiger partial charge is 0.207 e. The van der Waals surface area contributed by atoms with E-state index in [0.29, 0.717) is 4.47 Å². The lowest BCUT2D eigenvalue weighted by Gasteiger charge is -2.19. The van der Waals surface area contributed by atoms with Gasteiger partial charge in [0.1, 0.15) is 4.90 Å². The number of nitriles is 1. The Morgan fingerprint density at radius 3 is 2.32 bits per heavy atom. The van der Waals surface area contributed by atoms with E-state index in [4.69, 9.17) is 28.5 Å². The zero-order chi connectivity index (χ0) is 14.8. The molecule has 0 aliphatic rings. The Hall–Kier alpha value is -0.320. The van der Waals surface area contributed by atoms with E-state index in [0.717, 1.165) is 4.31 Å². The number of nitrogens with zero attached hydrogens (tertiary/aromatic N) is 2. The normalized spacial score (nSPS) is 13.3. The van der Waals surface area contributed by atoms with Crippen molar-refractivity contribution in [3.05, 3.63) is 26.7 Å². The molecule has 1 rings (SSSR count). The molecule has 1 aromatic carbocycles. The van der Waals surface area contributed by atoms with E-state index in [2.05, 4.69) is 15.9 Å². The van der Waals surface area contributed by atoms with Gasteiger partial charge in [-0.15, -0.1) is 0 Å². The SMILES string of the molecule is CC(C#N)CN(C)S(=O)(=O)c1c(Cl)cc(Br)cc1Cl. The molecule has 0 fully saturated rings. The van der Waals surface area contributed by atoms with Crippen molar-refractivity contribution < 1.29 is 8.42 Å². The zero-order valence-electron chi connectivity index (χ0n) is 10.2. The summed E-state index contributed by atoms with van der Waals surface area (Å²) in [6, 6.07) is 4.90. The molecule has 0 N–H and O–H groups in total. The van der Waals surface area contributed by atoms with Gasteiger partial charge in [0.25, 0.3) is 0 Å². The molecule has 0 saturated carbocycles. The molecule has 0 aliphatic carbocycles. The third kappa shape index (κ3) is 3.83. The molecule has 4 nitrogen and oxygen atoms in total. The van der Waals surface area contributed by atoms with Crippen LogP contribution in [0.5, 0.6) is 0 Å². The molecule has 0 heterocycles. The van der Waals surface area contributed by atoms with Gasteiger partial charge in [-0.1, -0.05) is 39.1 Å². The number of hydrogen-bond acceptors (Lipinski definition) is 3. The maximum Gasteiger partial charge on any atom is 0.245 e. The topological polar surface area (TPSA) is 61.2 Å². The summed E-state index contributed by atoms with van der Waals surface area (Å²) in [6.07, 6.45) is 0. The summed E-state index contributed by atoms with van der Waals surface area (Å²) in [5.41, 5.74) is 0. The van der Waals surface area contributed by atoms with Gasteiger partial charge in [0.05, 0.1) is 22.0 Å². The molecule has 0 spiro atoms. The Balaban J connectivity index is 3.25. The van der Waals surface area contributed by atoms with Crippen LogP contribution in [0.1, 0.15) is 6.92 Å². The number of halogens is 3. The number of benzene rings is 1. The van der Waals surface area contributed by atoms with Crippen molar-refractivity contribution in [2.75, 3.05) is 13.6 Å². The molecule has 0 amide bonds. The van der Waals surface area contributed by atoms with Crippen LogP contribution in [0.2, 0.25) is 10.0 Å². The Kier molecular flexibility index (Phi) is 5.65. The first-order chi connectivity index (χ1) is 8.70. The maximum atomic E-state index is 12.4. The molecule has 1 aromatic rings. The molecule has 0 aromatic heterocycles. The highest BCUT2D eigenvalue weighted by Crippen LogP contribution is 2.34. The quantitative estimate of drug-likeness (QED) is 0.796. The second-order valence-corrected chi connectivity index (χ2v) is 7.73. The van der Waals surface area contributed by atoms with Gasteiger partial charge in [0, 0.05) is 18.1 Å². The van der Waals surface area contributed by atoms with Crippen LogP contribution in [-0.2, 0) is 10.0 Å². The lowest BCUT2D eigenvalue weighted by molar-refractivity contribution is 0.439. The molecular formula is C11H11BrCl2N2O2S. The van der Waals surface area contributed by atoms with Crippen LogP contribution < -0.4 is 0 Å². The standard InChI is InChI=1S/C11H11BrCl2N2O2S/c1-7(5-15)6-16(2)19(17,18)11-9(13)3-8(12)4-10(11)14/h3-4,7H,6H2,1-2H3. The molecule has 1 atom stereocenters. The van der Waals surface area contributed by atoms with E-state index in [1.807, 2.05) is 6.07 Å². The first-order valence-corrected chi connectivity index (χ1v) is 8.19. The average molecular weight is 386 g/mol. The fraction of sp³-hybridized carbons (Fsp3) is 0.364. The van der Waals surface area contributed by atoms with Crippen molar-refractivity contribution in [1.82, 2.24) is 4.31 Å². The molecule has 8 heteroatoms. The first kappa shape index (κ1) is 16.7. The van der Waals surface area contributed by atoms with Crippen LogP contribution in [0.4, 0.5) is 0 Å². The fourth-order valence-corrected chi connectivity index (χ4v) is 4.59. The monoisotopic (exact) mass is 384 g/mol. The minimum Gasteiger partial charge on any atom is -0.207 e. The fourth-order valence-electron chi connectivity index (χ4n) is 1.46. The Bertz CT molecular complexity index is 605. The predicted molar refractivity (Wildman–Crippen MR) is 78.8 cm³/mol. The van der Waals surface area contributed by atoms with E-state index in [-0.39, 0.29) is 21.5 Å². The van der Waals surface area contributed by atoms with Crippen LogP contribution in [-0.4, -0.2) is 26.3 Å². The molecule has 104 valence electrons. The molecule has 0 radical (unpaired) electrons. The maximum absolute atomic E-state index is 12.4. The number of hydrogen-bond donors (Lipinski definition) is 0. The van der Waals surface area contributed by atoms with Crippen LogP contribution in [0.15, 0.2) is 21.5 Å². The molecule has 0 saturated heterocycles. The molecule has 0 aliphatic heterocycles. The van der Waals surface area contributed by atoms with Gasteiger partial charge >= 0.3 is 0 Å². The van der Waals surface area contributed by atoms with E-state index in [9.17, 15) is 8.42 Å². The predicted octanol–water partition coefficient (Wildman–Crippen LogP) is 3.54. The first-order valence-electron chi connectivity index (χ1n) is 5.20. The molecule has 1 unspecified atom stereocenters. The Labute approximate surface area is 131 Å². The summed E-state index contributed by atoms with van der Waals surface area (Å²) >= 11 is 15.1. The van der Waals surface area contributed by atoms with Crippen LogP contribution in [0.3, 0.4) is 0 Å². The summed E-state index contributed by atoms with van der Waals surface area (Å²) in [4.78, 5) is -0.147. The van der Waals surface area contributed by atoms with Crippen molar-refractivity contribution in [3.8, 4) is 6.07 Å². The van der Waals surface area contributed by atoms with Crippen molar-refractivity contribution >= 4 is 49.2 Å². The van der Waals surface area contributed by atoms with E-state index < -0.39 is 15.9 Å². The summed E-state index contributed by atoms with van der Waals surface area (Å²) in [5, 5.41) is 8.81. The highest BCUT2D eigenvalue weighted by molar-refractivity contribution is 9.10. The summed E-state index contributed by atoms with van der Waals surface area (Å²) < 4.78 is 26.4. The minimum absolute atomic E-state index is 0.0378. The highest BCUT2D eigenvalue weighted by Gasteiger charge is 2.27. The second kappa shape index (κ2) is 6.42. The average Bonchev–Trinajstić information content (AvgIpc) is 2.26. The van der Waals surface area contributed by atoms with Gasteiger partial charge in [-0.25, -0.2) is 8.42 Å². The van der Waals surface area contributed by atoms with E-state index in [1.54, 1.807) is 6.92 Å². The third-order valence-corrected chi connectivity index (χ3v) is 5.59. The summed E-state index contributed by atoms with van der Waals surface area (Å²) in [7, 11) is -2.44. The van der Waals surface area contributed by atoms with E-state index >= 15 is 0 Å². The molecule has 19 heavy (non-hydrogen) atoms. The lowest BCUT2D eigenvalue weighted by atomic mass is 10.2. The largest absolute Gasteiger partial charge is 0.245 e. The van der Waals surface area contributed by atoms with Crippen molar-refractivity contribution in [1.29, 1.82) is 5.26 Å². The van der Waals surface area contributed by atoms with Gasteiger partial charge in [-0.3, -0.25) is 0 Å². The zero-order valence-corrected chi connectivity index (χ0v) is 14.1. The van der Waals surface area contributed by atoms with Crippen LogP contribution in [0, 0.1) is 17.2 Å². The van der Waals surface area contributed by atoms with Crippen molar-refractivity contribution in [3.63, 3.8) is 0 Å². The summed E-state index contributed by atoms with van der Waals surface area (Å²) in [5.74, 6) is -0.423. The van der Waals surface area contributed by atoms with E-state index in [1.165, 1.54) is 19.2 Å². The third-order valence-electron chi connectivity index (χ3n) is 2.38. The minimum atomic E-state index is -3.82. The van der Waals surface area contributed by atoms with Gasteiger partial charge in [0.2, 0.25) is 10.0 Å².